The van der Waals surface area contributed by atoms with Crippen LogP contribution in [0.2, 0.25) is 0 Å². The first kappa shape index (κ1) is 20.5. The Morgan fingerprint density at radius 2 is 1.83 bits per heavy atom. The molecule has 156 valence electrons. The van der Waals surface area contributed by atoms with Gasteiger partial charge in [-0.3, -0.25) is 19.5 Å². The van der Waals surface area contributed by atoms with E-state index in [1.54, 1.807) is 6.21 Å². The lowest BCUT2D eigenvalue weighted by molar-refractivity contribution is -0.118. The number of imide groups is 1. The highest BCUT2D eigenvalue weighted by atomic mass is 16.2. The highest BCUT2D eigenvalue weighted by Gasteiger charge is 2.39. The van der Waals surface area contributed by atoms with Crippen LogP contribution in [0.25, 0.3) is 0 Å². The highest BCUT2D eigenvalue weighted by Crippen LogP contribution is 2.33. The van der Waals surface area contributed by atoms with Crippen LogP contribution < -0.4 is 4.90 Å². The molecule has 5 heteroatoms. The van der Waals surface area contributed by atoms with Crippen molar-refractivity contribution in [3.05, 3.63) is 65.2 Å². The van der Waals surface area contributed by atoms with Gasteiger partial charge in [-0.05, 0) is 55.6 Å². The van der Waals surface area contributed by atoms with Crippen LogP contribution >= 0.6 is 0 Å². The number of aliphatic imine (C=N–C) groups is 1. The number of carbonyl (C=O) groups is 2. The zero-order valence-corrected chi connectivity index (χ0v) is 17.8. The van der Waals surface area contributed by atoms with E-state index in [-0.39, 0.29) is 11.8 Å². The van der Waals surface area contributed by atoms with Gasteiger partial charge in [0.25, 0.3) is 5.91 Å². The first-order chi connectivity index (χ1) is 14.7. The molecule has 4 rings (SSSR count). The number of amides is 2. The van der Waals surface area contributed by atoms with Crippen molar-refractivity contribution in [3.63, 3.8) is 0 Å². The lowest BCUT2D eigenvalue weighted by Crippen LogP contribution is -2.46. The smallest absolute Gasteiger partial charge is 0.265 e. The molecule has 2 aromatic carbocycles. The summed E-state index contributed by atoms with van der Waals surface area (Å²) in [5.41, 5.74) is 2.99. The zero-order chi connectivity index (χ0) is 21.1. The summed E-state index contributed by atoms with van der Waals surface area (Å²) >= 11 is 0. The quantitative estimate of drug-likeness (QED) is 0.540. The molecule has 2 aliphatic rings. The third kappa shape index (κ3) is 3.70. The Bertz CT molecular complexity index is 968. The third-order valence-corrected chi connectivity index (χ3v) is 6.31. The SMILES string of the molecule is CCc1ccccc1N1C(=O)c2ccccc2[C@@H](C=NC[C@H]2CCCN2CC)C1=O. The topological polar surface area (TPSA) is 53.0 Å². The van der Waals surface area contributed by atoms with Gasteiger partial charge < -0.3 is 0 Å². The molecule has 2 aliphatic heterocycles. The summed E-state index contributed by atoms with van der Waals surface area (Å²) in [5, 5.41) is 0. The fourth-order valence-electron chi connectivity index (χ4n) is 4.66. The molecule has 0 saturated carbocycles. The number of nitrogens with zero attached hydrogens (tertiary/aromatic N) is 3. The number of hydrogen-bond acceptors (Lipinski definition) is 4. The second kappa shape index (κ2) is 8.92. The van der Waals surface area contributed by atoms with Crippen LogP contribution in [0.3, 0.4) is 0 Å². The highest BCUT2D eigenvalue weighted by molar-refractivity contribution is 6.29. The molecule has 2 atom stereocenters. The Balaban J connectivity index is 1.67. The Morgan fingerprint density at radius 1 is 1.07 bits per heavy atom. The molecule has 0 aromatic heterocycles. The maximum absolute atomic E-state index is 13.5. The van der Waals surface area contributed by atoms with Crippen LogP contribution in [-0.2, 0) is 11.2 Å². The van der Waals surface area contributed by atoms with Crippen LogP contribution in [0.5, 0.6) is 0 Å². The van der Waals surface area contributed by atoms with Crippen LogP contribution in [0, 0.1) is 0 Å². The Kier molecular flexibility index (Phi) is 6.09. The van der Waals surface area contributed by atoms with Gasteiger partial charge in [-0.1, -0.05) is 50.2 Å². The van der Waals surface area contributed by atoms with E-state index in [0.29, 0.717) is 23.8 Å². The van der Waals surface area contributed by atoms with Crippen LogP contribution in [-0.4, -0.2) is 48.6 Å². The van der Waals surface area contributed by atoms with E-state index in [4.69, 9.17) is 4.99 Å². The molecule has 0 unspecified atom stereocenters. The first-order valence-electron chi connectivity index (χ1n) is 10.9. The van der Waals surface area contributed by atoms with Gasteiger partial charge in [-0.25, -0.2) is 4.90 Å². The number of para-hydroxylation sites is 1. The predicted molar refractivity (Wildman–Crippen MR) is 120 cm³/mol. The van der Waals surface area contributed by atoms with Crippen LogP contribution in [0.15, 0.2) is 53.5 Å². The monoisotopic (exact) mass is 403 g/mol. The molecule has 0 spiro atoms. The lowest BCUT2D eigenvalue weighted by atomic mass is 9.88. The molecule has 5 nitrogen and oxygen atoms in total. The van der Waals surface area contributed by atoms with E-state index in [1.807, 2.05) is 55.5 Å². The van der Waals surface area contributed by atoms with E-state index in [2.05, 4.69) is 11.8 Å². The number of rotatable bonds is 6. The lowest BCUT2D eigenvalue weighted by Gasteiger charge is -2.32. The van der Waals surface area contributed by atoms with Gasteiger partial charge >= 0.3 is 0 Å². The van der Waals surface area contributed by atoms with Gasteiger partial charge in [0, 0.05) is 17.8 Å². The van der Waals surface area contributed by atoms with Crippen molar-refractivity contribution >= 4 is 23.7 Å². The number of anilines is 1. The fraction of sp³-hybridized carbons (Fsp3) is 0.400. The average Bonchev–Trinajstić information content (AvgIpc) is 3.24. The van der Waals surface area contributed by atoms with Crippen molar-refractivity contribution in [2.45, 2.75) is 45.1 Å². The van der Waals surface area contributed by atoms with Crippen LogP contribution in [0.4, 0.5) is 5.69 Å². The van der Waals surface area contributed by atoms with Crippen molar-refractivity contribution in [2.24, 2.45) is 4.99 Å². The van der Waals surface area contributed by atoms with Gasteiger partial charge in [0.05, 0.1) is 18.2 Å². The number of carbonyl (C=O) groups excluding carboxylic acids is 2. The Morgan fingerprint density at radius 3 is 2.63 bits per heavy atom. The molecule has 30 heavy (non-hydrogen) atoms. The predicted octanol–water partition coefficient (Wildman–Crippen LogP) is 4.07. The fourth-order valence-corrected chi connectivity index (χ4v) is 4.66. The van der Waals surface area contributed by atoms with Crippen molar-refractivity contribution in [1.82, 2.24) is 4.90 Å². The summed E-state index contributed by atoms with van der Waals surface area (Å²) in [7, 11) is 0. The first-order valence-corrected chi connectivity index (χ1v) is 10.9. The summed E-state index contributed by atoms with van der Waals surface area (Å²) in [4.78, 5) is 35.3. The minimum atomic E-state index is -0.541. The zero-order valence-electron chi connectivity index (χ0n) is 17.8. The summed E-state index contributed by atoms with van der Waals surface area (Å²) < 4.78 is 0. The van der Waals surface area contributed by atoms with Crippen molar-refractivity contribution < 1.29 is 9.59 Å². The largest absolute Gasteiger partial charge is 0.299 e. The standard InChI is InChI=1S/C25H29N3O2/c1-3-18-10-5-8-14-23(18)28-24(29)21-13-7-6-12-20(21)22(25(28)30)17-26-16-19-11-9-15-27(19)4-2/h5-8,10,12-14,17,19,22H,3-4,9,11,15-16H2,1-2H3/t19-,22-/m1/s1. The molecule has 0 radical (unpaired) electrons. The number of aryl methyl sites for hydroxylation is 1. The maximum atomic E-state index is 13.5. The molecule has 2 heterocycles. The molecule has 0 bridgehead atoms. The Hall–Kier alpha value is -2.79. The summed E-state index contributed by atoms with van der Waals surface area (Å²) in [6, 6.07) is 15.5. The number of benzene rings is 2. The van der Waals surface area contributed by atoms with Gasteiger partial charge in [-0.15, -0.1) is 0 Å². The maximum Gasteiger partial charge on any atom is 0.265 e. The third-order valence-electron chi connectivity index (χ3n) is 6.31. The van der Waals surface area contributed by atoms with Crippen molar-refractivity contribution in [2.75, 3.05) is 24.5 Å². The van der Waals surface area contributed by atoms with Crippen molar-refractivity contribution in [3.8, 4) is 0 Å². The minimum absolute atomic E-state index is 0.220. The molecule has 1 fully saturated rings. The second-order valence-corrected chi connectivity index (χ2v) is 7.96. The van der Waals surface area contributed by atoms with E-state index < -0.39 is 5.92 Å². The normalized spacial score (nSPS) is 22.1. The molecule has 0 aliphatic carbocycles. The number of likely N-dealkylation sites (tertiary alicyclic amines) is 1. The average molecular weight is 404 g/mol. The van der Waals surface area contributed by atoms with E-state index in [0.717, 1.165) is 37.1 Å². The van der Waals surface area contributed by atoms with Gasteiger partial charge in [-0.2, -0.15) is 0 Å². The van der Waals surface area contributed by atoms with E-state index in [1.165, 1.54) is 11.3 Å². The second-order valence-electron chi connectivity index (χ2n) is 7.96. The molecule has 2 aromatic rings. The summed E-state index contributed by atoms with van der Waals surface area (Å²) in [6.07, 6.45) is 4.87. The molecule has 1 saturated heterocycles. The van der Waals surface area contributed by atoms with Crippen molar-refractivity contribution in [1.29, 1.82) is 0 Å². The van der Waals surface area contributed by atoms with Crippen LogP contribution in [0.1, 0.15) is 54.1 Å². The van der Waals surface area contributed by atoms with Gasteiger partial charge in [0.2, 0.25) is 5.91 Å². The number of likely N-dealkylation sites (N-methyl/N-ethyl adjacent to an activating group) is 1. The molecule has 2 amide bonds. The number of hydrogen-bond donors (Lipinski definition) is 0. The van der Waals surface area contributed by atoms with E-state index >= 15 is 0 Å². The molecule has 0 N–H and O–H groups in total. The van der Waals surface area contributed by atoms with Gasteiger partial charge in [0.1, 0.15) is 0 Å². The minimum Gasteiger partial charge on any atom is -0.299 e. The Labute approximate surface area is 178 Å². The van der Waals surface area contributed by atoms with Gasteiger partial charge in [0.15, 0.2) is 0 Å². The van der Waals surface area contributed by atoms with E-state index in [9.17, 15) is 9.59 Å². The number of fused-ring (bicyclic) bond motifs is 1. The summed E-state index contributed by atoms with van der Waals surface area (Å²) in [6.45, 7) is 7.06. The molecular weight excluding hydrogens is 374 g/mol. The summed E-state index contributed by atoms with van der Waals surface area (Å²) in [5.74, 6) is -1.02. The molecular formula is C25H29N3O2.